The van der Waals surface area contributed by atoms with E-state index in [1.807, 2.05) is 18.2 Å². The highest BCUT2D eigenvalue weighted by Gasteiger charge is 1.99. The molecule has 0 fully saturated rings. The van der Waals surface area contributed by atoms with Crippen LogP contribution in [0.1, 0.15) is 77.6 Å². The molecule has 3 nitrogen and oxygen atoms in total. The predicted octanol–water partition coefficient (Wildman–Crippen LogP) is 4.86. The fourth-order valence-corrected chi connectivity index (χ4v) is 2.14. The highest BCUT2D eigenvalue weighted by atomic mass is 16.5. The number of aliphatic carboxylic acids is 1. The van der Waals surface area contributed by atoms with Crippen molar-refractivity contribution in [3.05, 3.63) is 24.3 Å². The maximum atomic E-state index is 10.3. The predicted molar refractivity (Wildman–Crippen MR) is 88.4 cm³/mol. The lowest BCUT2D eigenvalue weighted by atomic mass is 11.1. The standard InChI is InChI=1S/C18H32O3/c1-2-3-4-5-6-8-11-14-17(19)15-12-9-7-10-13-16-18(20)21/h6,8,11,14,17,19H,2-5,7,9-10,12-13,15-16H2,1H3,(H,20,21)/b8-6-,14-11+/t17-/m1/s1/i1+1,2+1,3+1,4+1,5+1,6+1,7+1,8+1,9+1,10+1,11+1,12+1,13+1,14+1,15+1,16+1,17+1,18+1. The summed E-state index contributed by atoms with van der Waals surface area (Å²) in [6.07, 6.45) is 18.4. The molecule has 0 heterocycles. The second kappa shape index (κ2) is 15.3. The normalized spacial score (nSPS) is 13.2. The van der Waals surface area contributed by atoms with Crippen molar-refractivity contribution in [1.29, 1.82) is 0 Å². The molecule has 0 aromatic rings. The van der Waals surface area contributed by atoms with Gasteiger partial charge in [0.15, 0.2) is 0 Å². The van der Waals surface area contributed by atoms with Crippen LogP contribution in [0.25, 0.3) is 0 Å². The van der Waals surface area contributed by atoms with E-state index in [1.165, 1.54) is 19.3 Å². The zero-order valence-electron chi connectivity index (χ0n) is 13.5. The molecule has 3 heteroatoms. The van der Waals surface area contributed by atoms with Crippen molar-refractivity contribution >= 4 is 5.97 Å². The smallest absolute Gasteiger partial charge is 0.303 e. The van der Waals surface area contributed by atoms with Crippen LogP contribution in [0.2, 0.25) is 0 Å². The summed E-state index contributed by atoms with van der Waals surface area (Å²) in [5.74, 6) is -0.710. The summed E-state index contributed by atoms with van der Waals surface area (Å²) in [5, 5.41) is 18.3. The first-order valence-corrected chi connectivity index (χ1v) is 8.40. The van der Waals surface area contributed by atoms with Gasteiger partial charge in [0.25, 0.3) is 0 Å². The molecule has 0 aliphatic rings. The Hall–Kier alpha value is -1.09. The molecule has 0 saturated heterocycles. The van der Waals surface area contributed by atoms with Gasteiger partial charge in [0.1, 0.15) is 0 Å². The second-order valence-electron chi connectivity index (χ2n) is 5.58. The minimum absolute atomic E-state index is 0.274. The monoisotopic (exact) mass is 314 g/mol. The van der Waals surface area contributed by atoms with E-state index < -0.39 is 5.97 Å². The zero-order chi connectivity index (χ0) is 15.8. The summed E-state index contributed by atoms with van der Waals surface area (Å²) >= 11 is 0. The van der Waals surface area contributed by atoms with Crippen molar-refractivity contribution in [2.45, 2.75) is 83.7 Å². The summed E-state index contributed by atoms with van der Waals surface area (Å²) in [7, 11) is 0. The summed E-state index contributed by atoms with van der Waals surface area (Å²) in [4.78, 5) is 10.3. The molecule has 0 aliphatic heterocycles. The fraction of sp³-hybridized carbons (Fsp3) is 0.722. The van der Waals surface area contributed by atoms with Crippen LogP contribution in [0.3, 0.4) is 0 Å². The van der Waals surface area contributed by atoms with Crippen LogP contribution in [0.15, 0.2) is 24.3 Å². The third kappa shape index (κ3) is 16.9. The summed E-state index contributed by atoms with van der Waals surface area (Å²) in [6, 6.07) is 0. The van der Waals surface area contributed by atoms with Crippen molar-refractivity contribution in [3.63, 3.8) is 0 Å². The Labute approximate surface area is 129 Å². The van der Waals surface area contributed by atoms with Crippen LogP contribution in [-0.2, 0) is 4.79 Å². The van der Waals surface area contributed by atoms with E-state index in [9.17, 15) is 9.90 Å². The fourth-order valence-electron chi connectivity index (χ4n) is 2.14. The third-order valence-corrected chi connectivity index (χ3v) is 3.45. The van der Waals surface area contributed by atoms with Gasteiger partial charge in [-0.3, -0.25) is 4.79 Å². The molecule has 122 valence electrons. The van der Waals surface area contributed by atoms with Gasteiger partial charge in [-0.15, -0.1) is 0 Å². The van der Waals surface area contributed by atoms with E-state index in [4.69, 9.17) is 5.11 Å². The highest BCUT2D eigenvalue weighted by Crippen LogP contribution is 2.09. The number of carboxylic acids is 1. The lowest BCUT2D eigenvalue weighted by Crippen LogP contribution is -2.01. The van der Waals surface area contributed by atoms with Crippen molar-refractivity contribution in [2.75, 3.05) is 0 Å². The Kier molecular flexibility index (Phi) is 14.5. The minimum atomic E-state index is -0.710. The second-order valence-corrected chi connectivity index (χ2v) is 5.58. The minimum Gasteiger partial charge on any atom is -0.481 e. The molecule has 0 rings (SSSR count). The van der Waals surface area contributed by atoms with Gasteiger partial charge in [0.2, 0.25) is 0 Å². The van der Waals surface area contributed by atoms with Gasteiger partial charge in [-0.25, -0.2) is 0 Å². The zero-order valence-corrected chi connectivity index (χ0v) is 13.5. The van der Waals surface area contributed by atoms with Gasteiger partial charge >= 0.3 is 5.97 Å². The average Bonchev–Trinajstić information content (AvgIpc) is 2.45. The lowest BCUT2D eigenvalue weighted by molar-refractivity contribution is -0.137. The number of rotatable bonds is 14. The van der Waals surface area contributed by atoms with Crippen molar-refractivity contribution in [1.82, 2.24) is 0 Å². The summed E-state index contributed by atoms with van der Waals surface area (Å²) < 4.78 is 0. The van der Waals surface area contributed by atoms with E-state index in [1.54, 1.807) is 0 Å². The Morgan fingerprint density at radius 3 is 2.43 bits per heavy atom. The largest absolute Gasteiger partial charge is 0.481 e. The molecule has 0 spiro atoms. The first-order chi connectivity index (χ1) is 10.2. The Bertz CT molecular complexity index is 295. The topological polar surface area (TPSA) is 57.5 Å². The molecule has 1 atom stereocenters. The molecule has 0 aliphatic carbocycles. The maximum Gasteiger partial charge on any atom is 0.303 e. The lowest BCUT2D eigenvalue weighted by Gasteiger charge is -2.04. The Morgan fingerprint density at radius 1 is 1.00 bits per heavy atom. The van der Waals surface area contributed by atoms with Crippen molar-refractivity contribution in [2.24, 2.45) is 0 Å². The number of unbranched alkanes of at least 4 members (excludes halogenated alkanes) is 7. The number of allylic oxidation sites excluding steroid dienone is 3. The maximum absolute atomic E-state index is 10.3. The highest BCUT2D eigenvalue weighted by molar-refractivity contribution is 5.66. The molecule has 0 unspecified atom stereocenters. The van der Waals surface area contributed by atoms with Crippen molar-refractivity contribution < 1.29 is 15.0 Å². The van der Waals surface area contributed by atoms with E-state index in [0.29, 0.717) is 0 Å². The molecule has 0 bridgehead atoms. The first-order valence-electron chi connectivity index (χ1n) is 8.40. The van der Waals surface area contributed by atoms with E-state index >= 15 is 0 Å². The molecule has 0 radical (unpaired) electrons. The van der Waals surface area contributed by atoms with Crippen LogP contribution in [0.5, 0.6) is 0 Å². The van der Waals surface area contributed by atoms with Crippen LogP contribution in [0.4, 0.5) is 0 Å². The van der Waals surface area contributed by atoms with Gasteiger partial charge in [-0.2, -0.15) is 0 Å². The number of carbonyl (C=O) groups is 1. The first kappa shape index (κ1) is 19.9. The van der Waals surface area contributed by atoms with Crippen LogP contribution in [-0.4, -0.2) is 22.3 Å². The molecule has 0 aromatic carbocycles. The molecule has 2 N–H and O–H groups in total. The van der Waals surface area contributed by atoms with Gasteiger partial charge in [-0.1, -0.05) is 69.8 Å². The van der Waals surface area contributed by atoms with E-state index in [-0.39, 0.29) is 12.5 Å². The van der Waals surface area contributed by atoms with E-state index in [2.05, 4.69) is 13.0 Å². The molecule has 0 saturated carbocycles. The summed E-state index contributed by atoms with van der Waals surface area (Å²) in [6.45, 7) is 2.20. The average molecular weight is 314 g/mol. The molecular formula is C18H32O3. The molecule has 21 heavy (non-hydrogen) atoms. The quantitative estimate of drug-likeness (QED) is 0.273. The molecule has 0 amide bonds. The van der Waals surface area contributed by atoms with Crippen molar-refractivity contribution in [3.8, 4) is 0 Å². The van der Waals surface area contributed by atoms with Gasteiger partial charge in [0.05, 0.1) is 6.10 Å². The number of aliphatic hydroxyl groups is 1. The number of carboxylic acid groups (broad SMARTS) is 1. The van der Waals surface area contributed by atoms with Crippen LogP contribution < -0.4 is 0 Å². The van der Waals surface area contributed by atoms with E-state index in [0.717, 1.165) is 44.9 Å². The Morgan fingerprint density at radius 2 is 1.71 bits per heavy atom. The van der Waals surface area contributed by atoms with Gasteiger partial charge in [-0.05, 0) is 25.7 Å². The number of hydrogen-bond donors (Lipinski definition) is 2. The number of hydrogen-bond acceptors (Lipinski definition) is 2. The van der Waals surface area contributed by atoms with Gasteiger partial charge in [0, 0.05) is 6.42 Å². The van der Waals surface area contributed by atoms with Crippen LogP contribution >= 0.6 is 0 Å². The summed E-state index contributed by atoms with van der Waals surface area (Å²) in [5.41, 5.74) is 0. The van der Waals surface area contributed by atoms with Crippen LogP contribution in [0, 0.1) is 0 Å². The third-order valence-electron chi connectivity index (χ3n) is 3.45. The molecule has 0 aromatic heterocycles. The Balaban J connectivity index is 3.40. The number of aliphatic hydroxyl groups excluding tert-OH is 1. The van der Waals surface area contributed by atoms with Gasteiger partial charge < -0.3 is 10.2 Å². The SMILES string of the molecule is [13CH3][13CH2][13CH2][13CH2][13CH2]/[13CH]=[13CH]\[13CH]=[13CH]\[13C@@H](O)[13CH2][13CH2][13CH2][13CH2][13CH2][13CH2][13CH2][13C](=O)O. The molecular weight excluding hydrogens is 282 g/mol.